The van der Waals surface area contributed by atoms with Crippen molar-refractivity contribution in [1.82, 2.24) is 10.6 Å². The number of methoxy groups -OCH3 is 1. The van der Waals surface area contributed by atoms with Crippen molar-refractivity contribution in [3.8, 4) is 0 Å². The Balaban J connectivity index is 0.00000320. The third kappa shape index (κ3) is 5.96. The average Bonchev–Trinajstić information content (AvgIpc) is 3.32. The highest BCUT2D eigenvalue weighted by Crippen LogP contribution is 2.29. The van der Waals surface area contributed by atoms with Gasteiger partial charge in [0.25, 0.3) is 0 Å². The molecule has 162 valence electrons. The van der Waals surface area contributed by atoms with Gasteiger partial charge < -0.3 is 24.9 Å². The van der Waals surface area contributed by atoms with Gasteiger partial charge in [0.05, 0.1) is 7.11 Å². The summed E-state index contributed by atoms with van der Waals surface area (Å²) in [6.45, 7) is 4.93. The van der Waals surface area contributed by atoms with Crippen molar-refractivity contribution in [3.63, 3.8) is 0 Å². The Labute approximate surface area is 196 Å². The van der Waals surface area contributed by atoms with Gasteiger partial charge in [-0.2, -0.15) is 0 Å². The molecule has 0 radical (unpaired) electrons. The van der Waals surface area contributed by atoms with Crippen molar-refractivity contribution >= 4 is 57.3 Å². The monoisotopic (exact) mass is 543 g/mol. The average molecular weight is 543 g/mol. The van der Waals surface area contributed by atoms with Gasteiger partial charge in [0.15, 0.2) is 5.96 Å². The maximum Gasteiger partial charge on any atom is 0.341 e. The molecule has 30 heavy (non-hydrogen) atoms. The number of rotatable bonds is 7. The molecule has 0 spiro atoms. The third-order valence-electron chi connectivity index (χ3n) is 4.35. The molecule has 2 aromatic heterocycles. The summed E-state index contributed by atoms with van der Waals surface area (Å²) in [6.07, 6.45) is -0.645. The lowest BCUT2D eigenvalue weighted by Gasteiger charge is -2.14. The molecule has 0 aliphatic heterocycles. The summed E-state index contributed by atoms with van der Waals surface area (Å²) in [5.74, 6) is 1.18. The number of thiophene rings is 1. The maximum atomic E-state index is 11.7. The molecule has 1 atom stereocenters. The van der Waals surface area contributed by atoms with Crippen LogP contribution in [-0.4, -0.2) is 37.2 Å². The van der Waals surface area contributed by atoms with Crippen LogP contribution < -0.4 is 10.6 Å². The Morgan fingerprint density at radius 1 is 1.30 bits per heavy atom. The highest BCUT2D eigenvalue weighted by Gasteiger charge is 2.16. The number of hydrogen-bond donors (Lipinski definition) is 3. The number of furan rings is 1. The van der Waals surface area contributed by atoms with Crippen LogP contribution >= 0.6 is 35.3 Å². The van der Waals surface area contributed by atoms with Crippen molar-refractivity contribution in [2.75, 3.05) is 20.2 Å². The zero-order valence-corrected chi connectivity index (χ0v) is 20.2. The van der Waals surface area contributed by atoms with Gasteiger partial charge in [0.1, 0.15) is 29.7 Å². The van der Waals surface area contributed by atoms with Gasteiger partial charge in [0.2, 0.25) is 0 Å². The largest absolute Gasteiger partial charge is 0.465 e. The summed E-state index contributed by atoms with van der Waals surface area (Å²) < 4.78 is 11.5. The van der Waals surface area contributed by atoms with E-state index in [1.807, 2.05) is 37.3 Å². The molecule has 0 saturated heterocycles. The van der Waals surface area contributed by atoms with E-state index in [0.717, 1.165) is 15.0 Å². The molecule has 0 saturated carbocycles. The Hall–Kier alpha value is -2.11. The summed E-state index contributed by atoms with van der Waals surface area (Å²) in [5, 5.41) is 18.0. The Morgan fingerprint density at radius 3 is 2.77 bits per heavy atom. The second kappa shape index (κ2) is 11.3. The number of benzene rings is 1. The van der Waals surface area contributed by atoms with Crippen LogP contribution in [0.25, 0.3) is 10.1 Å². The quantitative estimate of drug-likeness (QED) is 0.181. The number of ether oxygens (including phenoxy) is 1. The van der Waals surface area contributed by atoms with Crippen LogP contribution in [0, 0.1) is 6.92 Å². The number of hydrogen-bond acceptors (Lipinski definition) is 6. The van der Waals surface area contributed by atoms with E-state index >= 15 is 0 Å². The maximum absolute atomic E-state index is 11.7. The Morgan fingerprint density at radius 2 is 2.07 bits per heavy atom. The molecule has 0 fully saturated rings. The van der Waals surface area contributed by atoms with Crippen LogP contribution in [0.2, 0.25) is 0 Å². The molecular formula is C21H26IN3O4S. The highest BCUT2D eigenvalue weighted by atomic mass is 127. The van der Waals surface area contributed by atoms with E-state index < -0.39 is 12.1 Å². The first-order chi connectivity index (χ1) is 14.0. The number of carbonyl (C=O) groups excluding carboxylic acids is 1. The van der Waals surface area contributed by atoms with Crippen molar-refractivity contribution in [1.29, 1.82) is 0 Å². The van der Waals surface area contributed by atoms with Crippen LogP contribution in [-0.2, 0) is 11.3 Å². The number of halogens is 1. The third-order valence-corrected chi connectivity index (χ3v) is 5.56. The first-order valence-electron chi connectivity index (χ1n) is 9.38. The highest BCUT2D eigenvalue weighted by molar-refractivity contribution is 14.0. The fourth-order valence-corrected chi connectivity index (χ4v) is 3.94. The summed E-state index contributed by atoms with van der Waals surface area (Å²) in [4.78, 5) is 17.1. The fraction of sp³-hybridized carbons (Fsp3) is 0.333. The summed E-state index contributed by atoms with van der Waals surface area (Å²) in [7, 11) is 1.34. The zero-order chi connectivity index (χ0) is 20.8. The van der Waals surface area contributed by atoms with Gasteiger partial charge in [-0.15, -0.1) is 35.3 Å². The van der Waals surface area contributed by atoms with Gasteiger partial charge in [-0.1, -0.05) is 18.2 Å². The van der Waals surface area contributed by atoms with Gasteiger partial charge >= 0.3 is 5.97 Å². The molecule has 3 rings (SSSR count). The van der Waals surface area contributed by atoms with E-state index in [2.05, 4.69) is 15.6 Å². The minimum absolute atomic E-state index is 0. The van der Waals surface area contributed by atoms with Crippen LogP contribution in [0.4, 0.5) is 0 Å². The van der Waals surface area contributed by atoms with Crippen LogP contribution in [0.15, 0.2) is 45.8 Å². The number of aliphatic hydroxyl groups excluding tert-OH is 1. The number of fused-ring (bicyclic) bond motifs is 1. The van der Waals surface area contributed by atoms with E-state index in [1.165, 1.54) is 7.11 Å². The predicted octanol–water partition coefficient (Wildman–Crippen LogP) is 4.00. The lowest BCUT2D eigenvalue weighted by Crippen LogP contribution is -2.39. The second-order valence-corrected chi connectivity index (χ2v) is 7.57. The van der Waals surface area contributed by atoms with E-state index in [-0.39, 0.29) is 30.5 Å². The number of aryl methyl sites for hydroxylation is 1. The summed E-state index contributed by atoms with van der Waals surface area (Å²) in [5.41, 5.74) is 0.399. The van der Waals surface area contributed by atoms with Gasteiger partial charge in [-0.05, 0) is 37.4 Å². The van der Waals surface area contributed by atoms with Crippen molar-refractivity contribution in [3.05, 3.63) is 58.4 Å². The van der Waals surface area contributed by atoms with Crippen molar-refractivity contribution in [2.24, 2.45) is 4.99 Å². The van der Waals surface area contributed by atoms with E-state index in [4.69, 9.17) is 9.15 Å². The van der Waals surface area contributed by atoms with Crippen molar-refractivity contribution < 1.29 is 19.1 Å². The summed E-state index contributed by atoms with van der Waals surface area (Å²) >= 11 is 1.58. The number of esters is 1. The smallest absolute Gasteiger partial charge is 0.341 e. The summed E-state index contributed by atoms with van der Waals surface area (Å²) in [6, 6.07) is 11.7. The fourth-order valence-electron chi connectivity index (χ4n) is 2.89. The van der Waals surface area contributed by atoms with E-state index in [1.54, 1.807) is 24.3 Å². The van der Waals surface area contributed by atoms with Gasteiger partial charge in [-0.3, -0.25) is 0 Å². The number of nitrogens with one attached hydrogen (secondary N) is 2. The lowest BCUT2D eigenvalue weighted by atomic mass is 10.2. The number of nitrogens with zero attached hydrogens (tertiary/aromatic N) is 1. The molecule has 0 amide bonds. The lowest BCUT2D eigenvalue weighted by molar-refractivity contribution is 0.0599. The molecular weight excluding hydrogens is 517 g/mol. The minimum Gasteiger partial charge on any atom is -0.465 e. The topological polar surface area (TPSA) is 96.1 Å². The van der Waals surface area contributed by atoms with Crippen LogP contribution in [0.1, 0.15) is 39.8 Å². The molecule has 1 aromatic carbocycles. The minimum atomic E-state index is -0.645. The number of guanidine groups is 1. The molecule has 9 heteroatoms. The Kier molecular flexibility index (Phi) is 9.12. The van der Waals surface area contributed by atoms with E-state index in [9.17, 15) is 9.90 Å². The molecule has 3 aromatic rings. The van der Waals surface area contributed by atoms with Gasteiger partial charge in [-0.25, -0.2) is 9.79 Å². The van der Waals surface area contributed by atoms with Crippen LogP contribution in [0.3, 0.4) is 0 Å². The molecule has 3 N–H and O–H groups in total. The first kappa shape index (κ1) is 24.2. The van der Waals surface area contributed by atoms with Crippen LogP contribution in [0.5, 0.6) is 0 Å². The number of carbonyl (C=O) groups is 1. The number of aliphatic imine (C=N–C) groups is 1. The van der Waals surface area contributed by atoms with Crippen molar-refractivity contribution in [2.45, 2.75) is 26.5 Å². The Bertz CT molecular complexity index is 982. The predicted molar refractivity (Wildman–Crippen MR) is 130 cm³/mol. The molecule has 0 aliphatic carbocycles. The number of aliphatic hydroxyl groups is 1. The SMILES string of the molecule is CCNC(=NCc1cc(C(=O)OC)c(C)o1)NCC(O)c1cc2ccccc2s1.I. The van der Waals surface area contributed by atoms with Gasteiger partial charge in [0, 0.05) is 22.7 Å². The molecule has 7 nitrogen and oxygen atoms in total. The molecule has 0 bridgehead atoms. The second-order valence-electron chi connectivity index (χ2n) is 6.45. The normalized spacial score (nSPS) is 12.3. The zero-order valence-electron chi connectivity index (χ0n) is 17.1. The molecule has 2 heterocycles. The van der Waals surface area contributed by atoms with E-state index in [0.29, 0.717) is 36.1 Å². The molecule has 1 unspecified atom stereocenters. The molecule has 0 aliphatic rings. The first-order valence-corrected chi connectivity index (χ1v) is 10.2. The standard InChI is InChI=1S/C21H25N3O4S.HI/c1-4-22-21(23-11-15-10-16(13(2)28-15)20(26)27-3)24-12-17(25)19-9-14-7-5-6-8-18(14)29-19;/h5-10,17,25H,4,11-12H2,1-3H3,(H2,22,23,24);1H.